The molecule has 1 saturated heterocycles. The molecule has 1 spiro atoms. The van der Waals surface area contributed by atoms with Crippen LogP contribution in [0.3, 0.4) is 0 Å². The van der Waals surface area contributed by atoms with Crippen molar-refractivity contribution in [2.75, 3.05) is 0 Å². The maximum absolute atomic E-state index is 3.86. The second-order valence-electron chi connectivity index (χ2n) is 7.72. The van der Waals surface area contributed by atoms with Crippen LogP contribution in [0.25, 0.3) is 0 Å². The highest BCUT2D eigenvalue weighted by atomic mass is 28.3. The molecule has 0 aromatic carbocycles. The molecule has 0 N–H and O–H groups in total. The molecule has 3 rings (SSSR count). The van der Waals surface area contributed by atoms with Crippen LogP contribution in [0.4, 0.5) is 0 Å². The summed E-state index contributed by atoms with van der Waals surface area (Å²) in [5, 5.41) is 0. The summed E-state index contributed by atoms with van der Waals surface area (Å²) in [6, 6.07) is 0. The molecule has 92 valence electrons. The summed E-state index contributed by atoms with van der Waals surface area (Å²) in [5.74, 6) is 4.41. The normalized spacial score (nSPS) is 38.1. The van der Waals surface area contributed by atoms with E-state index in [1.54, 1.807) is 0 Å². The van der Waals surface area contributed by atoms with E-state index in [0.29, 0.717) is 0 Å². The summed E-state index contributed by atoms with van der Waals surface area (Å²) in [4.78, 5) is 0. The van der Waals surface area contributed by atoms with Crippen molar-refractivity contribution in [2.24, 2.45) is 11.3 Å². The SMILES string of the molecule is C=C=CB1C([Si](C)(C)C)C2CCC[C@H]1C21CC1. The lowest BCUT2D eigenvalue weighted by molar-refractivity contribution is 0.250. The molecule has 3 aliphatic rings. The molecule has 2 saturated carbocycles. The van der Waals surface area contributed by atoms with E-state index in [9.17, 15) is 0 Å². The predicted molar refractivity (Wildman–Crippen MR) is 79.3 cm³/mol. The summed E-state index contributed by atoms with van der Waals surface area (Å²) in [5.41, 5.74) is 4.94. The Kier molecular flexibility index (Phi) is 2.55. The molecule has 1 aliphatic heterocycles. The van der Waals surface area contributed by atoms with Crippen molar-refractivity contribution < 1.29 is 0 Å². The Bertz CT molecular complexity index is 371. The molecule has 2 unspecified atom stereocenters. The predicted octanol–water partition coefficient (Wildman–Crippen LogP) is 4.57. The third-order valence-electron chi connectivity index (χ3n) is 5.96. The van der Waals surface area contributed by atoms with Crippen LogP contribution < -0.4 is 0 Å². The van der Waals surface area contributed by atoms with Gasteiger partial charge >= 0.3 is 0 Å². The minimum atomic E-state index is -1.06. The first-order valence-electron chi connectivity index (χ1n) is 7.37. The van der Waals surface area contributed by atoms with Gasteiger partial charge < -0.3 is 0 Å². The van der Waals surface area contributed by atoms with Gasteiger partial charge in [0.05, 0.1) is 0 Å². The second-order valence-corrected chi connectivity index (χ2v) is 13.1. The quantitative estimate of drug-likeness (QED) is 0.493. The molecule has 2 aliphatic carbocycles. The Morgan fingerprint density at radius 2 is 2.00 bits per heavy atom. The van der Waals surface area contributed by atoms with Crippen LogP contribution in [0.15, 0.2) is 18.3 Å². The molecular formula is C15H25BSi. The Hall–Kier alpha value is -0.198. The average molecular weight is 244 g/mol. The largest absolute Gasteiger partial charge is 0.180 e. The van der Waals surface area contributed by atoms with Crippen LogP contribution in [-0.2, 0) is 0 Å². The van der Waals surface area contributed by atoms with Gasteiger partial charge in [-0.1, -0.05) is 62.7 Å². The minimum Gasteiger partial charge on any atom is -0.143 e. The summed E-state index contributed by atoms with van der Waals surface area (Å²) in [6.45, 7) is 12.4. The van der Waals surface area contributed by atoms with E-state index in [2.05, 4.69) is 37.9 Å². The molecule has 3 atom stereocenters. The lowest BCUT2D eigenvalue weighted by Crippen LogP contribution is -2.38. The van der Waals surface area contributed by atoms with Crippen LogP contribution in [0, 0.1) is 11.3 Å². The first-order valence-corrected chi connectivity index (χ1v) is 10.9. The van der Waals surface area contributed by atoms with Gasteiger partial charge in [0.15, 0.2) is 6.71 Å². The van der Waals surface area contributed by atoms with Crippen molar-refractivity contribution in [3.05, 3.63) is 18.3 Å². The first-order chi connectivity index (χ1) is 8.00. The van der Waals surface area contributed by atoms with Gasteiger partial charge in [-0.25, -0.2) is 0 Å². The molecule has 2 bridgehead atoms. The highest BCUT2D eigenvalue weighted by Gasteiger charge is 2.68. The van der Waals surface area contributed by atoms with Crippen molar-refractivity contribution in [1.82, 2.24) is 0 Å². The van der Waals surface area contributed by atoms with Crippen molar-refractivity contribution in [3.63, 3.8) is 0 Å². The van der Waals surface area contributed by atoms with Gasteiger partial charge in [0, 0.05) is 8.07 Å². The van der Waals surface area contributed by atoms with Crippen LogP contribution in [0.5, 0.6) is 0 Å². The Balaban J connectivity index is 2.03. The maximum Gasteiger partial charge on any atom is 0.180 e. The Morgan fingerprint density at radius 1 is 1.29 bits per heavy atom. The van der Waals surface area contributed by atoms with E-state index in [1.165, 1.54) is 32.1 Å². The molecule has 2 heteroatoms. The lowest BCUT2D eigenvalue weighted by atomic mass is 9.40. The molecular weight excluding hydrogens is 219 g/mol. The van der Waals surface area contributed by atoms with E-state index in [0.717, 1.165) is 29.3 Å². The Morgan fingerprint density at radius 3 is 2.53 bits per heavy atom. The standard InChI is InChI=1S/C15H25BSi/c1-5-11-16-13-8-6-7-12(15(13)9-10-15)14(16)17(2,3)4/h11-14H,1,6-10H2,2-4H3/t12?,13-,14?/m0/s1. The van der Waals surface area contributed by atoms with E-state index < -0.39 is 8.07 Å². The van der Waals surface area contributed by atoms with Gasteiger partial charge in [-0.2, -0.15) is 0 Å². The second kappa shape index (κ2) is 3.65. The number of hydrogen-bond acceptors (Lipinski definition) is 0. The summed E-state index contributed by atoms with van der Waals surface area (Å²) >= 11 is 0. The van der Waals surface area contributed by atoms with Crippen LogP contribution in [0.2, 0.25) is 30.9 Å². The van der Waals surface area contributed by atoms with Crippen LogP contribution >= 0.6 is 0 Å². The zero-order chi connectivity index (χ0) is 12.3. The van der Waals surface area contributed by atoms with Crippen molar-refractivity contribution in [3.8, 4) is 0 Å². The average Bonchev–Trinajstić information content (AvgIpc) is 2.95. The summed E-state index contributed by atoms with van der Waals surface area (Å²) in [7, 11) is -1.06. The molecule has 0 amide bonds. The monoisotopic (exact) mass is 244 g/mol. The van der Waals surface area contributed by atoms with Crippen LogP contribution in [-0.4, -0.2) is 14.8 Å². The molecule has 17 heavy (non-hydrogen) atoms. The van der Waals surface area contributed by atoms with Gasteiger partial charge in [0.2, 0.25) is 0 Å². The number of hydrogen-bond donors (Lipinski definition) is 0. The molecule has 0 radical (unpaired) electrons. The zero-order valence-electron chi connectivity index (χ0n) is 11.6. The molecule has 3 fully saturated rings. The minimum absolute atomic E-state index is 0.793. The summed E-state index contributed by atoms with van der Waals surface area (Å²) < 4.78 is 0. The maximum atomic E-state index is 3.86. The smallest absolute Gasteiger partial charge is 0.143 e. The highest BCUT2D eigenvalue weighted by Crippen LogP contribution is 2.75. The molecule has 0 aromatic rings. The zero-order valence-corrected chi connectivity index (χ0v) is 12.6. The van der Waals surface area contributed by atoms with Crippen molar-refractivity contribution in [1.29, 1.82) is 0 Å². The van der Waals surface area contributed by atoms with Gasteiger partial charge in [-0.3, -0.25) is 0 Å². The van der Waals surface area contributed by atoms with Crippen molar-refractivity contribution in [2.45, 2.75) is 63.0 Å². The fraction of sp³-hybridized carbons (Fsp3) is 0.800. The lowest BCUT2D eigenvalue weighted by Gasteiger charge is -2.36. The first kappa shape index (κ1) is 11.9. The Labute approximate surface area is 108 Å². The van der Waals surface area contributed by atoms with E-state index in [1.807, 2.05) is 0 Å². The van der Waals surface area contributed by atoms with Gasteiger partial charge in [-0.05, 0) is 24.2 Å². The van der Waals surface area contributed by atoms with E-state index in [-0.39, 0.29) is 0 Å². The topological polar surface area (TPSA) is 0 Å². The van der Waals surface area contributed by atoms with Gasteiger partial charge in [0.1, 0.15) is 0 Å². The fourth-order valence-electron chi connectivity index (χ4n) is 5.46. The number of rotatable bonds is 2. The van der Waals surface area contributed by atoms with Crippen LogP contribution in [0.1, 0.15) is 32.1 Å². The molecule has 1 heterocycles. The van der Waals surface area contributed by atoms with Gasteiger partial charge in [-0.15, -0.1) is 5.73 Å². The third kappa shape index (κ3) is 1.57. The summed E-state index contributed by atoms with van der Waals surface area (Å²) in [6.07, 6.45) is 7.56. The highest BCUT2D eigenvalue weighted by molar-refractivity contribution is 6.92. The third-order valence-corrected chi connectivity index (χ3v) is 8.74. The van der Waals surface area contributed by atoms with E-state index >= 15 is 0 Å². The molecule has 0 nitrogen and oxygen atoms in total. The fourth-order valence-corrected chi connectivity index (χ4v) is 8.65. The van der Waals surface area contributed by atoms with E-state index in [4.69, 9.17) is 0 Å². The van der Waals surface area contributed by atoms with Gasteiger partial charge in [0.25, 0.3) is 0 Å². The van der Waals surface area contributed by atoms with Crippen molar-refractivity contribution >= 4 is 14.8 Å². The molecule has 0 aromatic heterocycles.